The van der Waals surface area contributed by atoms with Gasteiger partial charge in [-0.15, -0.1) is 0 Å². The number of benzene rings is 2. The maximum absolute atomic E-state index is 13.7. The monoisotopic (exact) mass is 492 g/mol. The van der Waals surface area contributed by atoms with Gasteiger partial charge < -0.3 is 9.47 Å². The zero-order valence-corrected chi connectivity index (χ0v) is 22.2. The van der Waals surface area contributed by atoms with Gasteiger partial charge in [0.25, 0.3) is 0 Å². The summed E-state index contributed by atoms with van der Waals surface area (Å²) < 4.78 is 11.7. The smallest absolute Gasteiger partial charge is 0.310 e. The van der Waals surface area contributed by atoms with E-state index in [2.05, 4.69) is 38.1 Å². The van der Waals surface area contributed by atoms with E-state index in [4.69, 9.17) is 9.47 Å². The van der Waals surface area contributed by atoms with Crippen molar-refractivity contribution < 1.29 is 19.1 Å². The summed E-state index contributed by atoms with van der Waals surface area (Å²) >= 11 is 0. The van der Waals surface area contributed by atoms with Crippen molar-refractivity contribution in [1.29, 1.82) is 0 Å². The van der Waals surface area contributed by atoms with Crippen LogP contribution >= 0.6 is 0 Å². The van der Waals surface area contributed by atoms with Gasteiger partial charge in [-0.1, -0.05) is 113 Å². The number of carbonyl (C=O) groups is 2. The Morgan fingerprint density at radius 1 is 0.611 bits per heavy atom. The molecular weight excluding hydrogens is 448 g/mol. The molecule has 1 saturated carbocycles. The van der Waals surface area contributed by atoms with E-state index in [1.807, 2.05) is 36.4 Å². The van der Waals surface area contributed by atoms with Crippen molar-refractivity contribution in [1.82, 2.24) is 0 Å². The van der Waals surface area contributed by atoms with Crippen LogP contribution in [0.1, 0.15) is 101 Å². The van der Waals surface area contributed by atoms with Gasteiger partial charge in [-0.2, -0.15) is 0 Å². The van der Waals surface area contributed by atoms with Crippen molar-refractivity contribution in [3.05, 3.63) is 71.8 Å². The molecule has 36 heavy (non-hydrogen) atoms. The second kappa shape index (κ2) is 15.5. The van der Waals surface area contributed by atoms with Crippen LogP contribution in [0.15, 0.2) is 60.7 Å². The van der Waals surface area contributed by atoms with Crippen LogP contribution in [-0.2, 0) is 19.1 Å². The third-order valence-electron chi connectivity index (χ3n) is 7.53. The van der Waals surface area contributed by atoms with Gasteiger partial charge in [-0.05, 0) is 48.6 Å². The largest absolute Gasteiger partial charge is 0.465 e. The average molecular weight is 493 g/mol. The zero-order valence-electron chi connectivity index (χ0n) is 22.2. The lowest BCUT2D eigenvalue weighted by molar-refractivity contribution is -0.165. The molecule has 0 aliphatic heterocycles. The van der Waals surface area contributed by atoms with E-state index in [1.165, 1.54) is 0 Å². The van der Waals surface area contributed by atoms with Crippen LogP contribution in [0.2, 0.25) is 0 Å². The molecule has 4 heteroatoms. The summed E-state index contributed by atoms with van der Waals surface area (Å²) in [6.45, 7) is 5.15. The molecule has 0 saturated heterocycles. The highest BCUT2D eigenvalue weighted by Crippen LogP contribution is 2.49. The van der Waals surface area contributed by atoms with Crippen LogP contribution < -0.4 is 0 Å². The molecule has 2 aromatic carbocycles. The molecule has 3 rings (SSSR count). The molecule has 4 atom stereocenters. The summed E-state index contributed by atoms with van der Waals surface area (Å²) in [6, 6.07) is 20.3. The maximum Gasteiger partial charge on any atom is 0.310 e. The van der Waals surface area contributed by atoms with Crippen molar-refractivity contribution in [2.24, 2.45) is 11.8 Å². The quantitative estimate of drug-likeness (QED) is 0.199. The molecule has 0 N–H and O–H groups in total. The molecule has 1 aliphatic carbocycles. The summed E-state index contributed by atoms with van der Waals surface area (Å²) in [6.07, 6.45) is 10.0. The van der Waals surface area contributed by atoms with Gasteiger partial charge in [-0.3, -0.25) is 9.59 Å². The van der Waals surface area contributed by atoms with Crippen LogP contribution in [0.4, 0.5) is 0 Å². The number of rotatable bonds is 14. The molecule has 0 aromatic heterocycles. The standard InChI is InChI=1S/C32H44O4/c1-3-5-7-15-23-35-31(33)29-27(25-17-11-9-12-18-25)21-22-28(26-19-13-10-14-20-26)30(29)32(34)36-24-16-8-6-4-2/h9-14,17-20,27-30H,3-8,15-16,21-24H2,1-2H3. The lowest BCUT2D eigenvalue weighted by Crippen LogP contribution is -2.43. The Labute approximate surface area is 217 Å². The first-order valence-electron chi connectivity index (χ1n) is 14.1. The second-order valence-electron chi connectivity index (χ2n) is 10.1. The van der Waals surface area contributed by atoms with E-state index in [1.54, 1.807) is 0 Å². The van der Waals surface area contributed by atoms with Gasteiger partial charge in [0.15, 0.2) is 0 Å². The fourth-order valence-corrected chi connectivity index (χ4v) is 5.58. The van der Waals surface area contributed by atoms with Gasteiger partial charge in [0.05, 0.1) is 25.0 Å². The van der Waals surface area contributed by atoms with E-state index in [0.29, 0.717) is 13.2 Å². The van der Waals surface area contributed by atoms with E-state index in [9.17, 15) is 9.59 Å². The molecule has 2 aromatic rings. The first-order valence-corrected chi connectivity index (χ1v) is 14.1. The fraction of sp³-hybridized carbons (Fsp3) is 0.562. The Morgan fingerprint density at radius 2 is 1.00 bits per heavy atom. The Hall–Kier alpha value is -2.62. The van der Waals surface area contributed by atoms with Crippen LogP contribution in [-0.4, -0.2) is 25.2 Å². The lowest BCUT2D eigenvalue weighted by atomic mass is 9.63. The summed E-state index contributed by atoms with van der Waals surface area (Å²) in [4.78, 5) is 27.4. The molecule has 4 nitrogen and oxygen atoms in total. The molecule has 0 bridgehead atoms. The molecule has 0 spiro atoms. The van der Waals surface area contributed by atoms with E-state index < -0.39 is 11.8 Å². The summed E-state index contributed by atoms with van der Waals surface area (Å²) in [5, 5.41) is 0. The lowest BCUT2D eigenvalue weighted by Gasteiger charge is -2.41. The number of esters is 2. The number of carbonyl (C=O) groups excluding carboxylic acids is 2. The number of hydrogen-bond acceptors (Lipinski definition) is 4. The molecule has 0 radical (unpaired) electrons. The first kappa shape index (κ1) is 28.0. The van der Waals surface area contributed by atoms with Gasteiger partial charge >= 0.3 is 11.9 Å². The summed E-state index contributed by atoms with van der Waals surface area (Å²) in [5.41, 5.74) is 2.19. The van der Waals surface area contributed by atoms with Gasteiger partial charge in [-0.25, -0.2) is 0 Å². The number of hydrogen-bond donors (Lipinski definition) is 0. The average Bonchev–Trinajstić information content (AvgIpc) is 2.92. The Balaban J connectivity index is 1.88. The van der Waals surface area contributed by atoms with Crippen LogP contribution in [0.3, 0.4) is 0 Å². The number of ether oxygens (including phenoxy) is 2. The molecule has 0 heterocycles. The van der Waals surface area contributed by atoms with Gasteiger partial charge in [0, 0.05) is 0 Å². The van der Waals surface area contributed by atoms with E-state index in [0.717, 1.165) is 75.3 Å². The topological polar surface area (TPSA) is 52.6 Å². The molecule has 4 unspecified atom stereocenters. The van der Waals surface area contributed by atoms with Crippen molar-refractivity contribution in [3.63, 3.8) is 0 Å². The molecule has 1 fully saturated rings. The van der Waals surface area contributed by atoms with Crippen molar-refractivity contribution >= 4 is 11.9 Å². The minimum Gasteiger partial charge on any atom is -0.465 e. The van der Waals surface area contributed by atoms with E-state index >= 15 is 0 Å². The number of unbranched alkanes of at least 4 members (excludes halogenated alkanes) is 6. The van der Waals surface area contributed by atoms with Gasteiger partial charge in [0.2, 0.25) is 0 Å². The summed E-state index contributed by atoms with van der Waals surface area (Å²) in [7, 11) is 0. The third kappa shape index (κ3) is 7.94. The maximum atomic E-state index is 13.7. The highest BCUT2D eigenvalue weighted by atomic mass is 16.5. The van der Waals surface area contributed by atoms with E-state index in [-0.39, 0.29) is 23.8 Å². The first-order chi connectivity index (χ1) is 17.7. The molecule has 196 valence electrons. The highest BCUT2D eigenvalue weighted by Gasteiger charge is 2.49. The fourth-order valence-electron chi connectivity index (χ4n) is 5.58. The Kier molecular flexibility index (Phi) is 12.0. The summed E-state index contributed by atoms with van der Waals surface area (Å²) in [5.74, 6) is -1.75. The van der Waals surface area contributed by atoms with Crippen molar-refractivity contribution in [3.8, 4) is 0 Å². The van der Waals surface area contributed by atoms with Crippen molar-refractivity contribution in [2.45, 2.75) is 89.9 Å². The zero-order chi connectivity index (χ0) is 25.6. The minimum absolute atomic E-state index is 0.0630. The SMILES string of the molecule is CCCCCCOC(=O)C1C(c2ccccc2)CCC(c2ccccc2)C1C(=O)OCCCCCC. The third-order valence-corrected chi connectivity index (χ3v) is 7.53. The predicted molar refractivity (Wildman–Crippen MR) is 145 cm³/mol. The molecule has 1 aliphatic rings. The molecular formula is C32H44O4. The minimum atomic E-state index is -0.555. The Bertz CT molecular complexity index is 819. The highest BCUT2D eigenvalue weighted by molar-refractivity contribution is 5.84. The van der Waals surface area contributed by atoms with Crippen LogP contribution in [0.25, 0.3) is 0 Å². The van der Waals surface area contributed by atoms with Crippen LogP contribution in [0, 0.1) is 11.8 Å². The van der Waals surface area contributed by atoms with Gasteiger partial charge in [0.1, 0.15) is 0 Å². The normalized spacial score (nSPS) is 21.6. The Morgan fingerprint density at radius 3 is 1.36 bits per heavy atom. The predicted octanol–water partition coefficient (Wildman–Crippen LogP) is 7.83. The molecule has 0 amide bonds. The second-order valence-corrected chi connectivity index (χ2v) is 10.1. The van der Waals surface area contributed by atoms with Crippen molar-refractivity contribution in [2.75, 3.05) is 13.2 Å². The van der Waals surface area contributed by atoms with Crippen LogP contribution in [0.5, 0.6) is 0 Å².